The van der Waals surface area contributed by atoms with E-state index >= 15 is 0 Å². The summed E-state index contributed by atoms with van der Waals surface area (Å²) >= 11 is 1.59. The average Bonchev–Trinajstić information content (AvgIpc) is 2.87. The molecule has 0 aromatic carbocycles. The number of rotatable bonds is 7. The highest BCUT2D eigenvalue weighted by Crippen LogP contribution is 2.25. The van der Waals surface area contributed by atoms with Gasteiger partial charge < -0.3 is 20.5 Å². The zero-order chi connectivity index (χ0) is 14.5. The Labute approximate surface area is 120 Å². The molecule has 110 valence electrons. The van der Waals surface area contributed by atoms with Crippen molar-refractivity contribution in [1.82, 2.24) is 15.3 Å². The van der Waals surface area contributed by atoms with Crippen molar-refractivity contribution in [2.24, 2.45) is 4.99 Å². The Hall–Kier alpha value is -1.22. The number of aromatic nitrogens is 2. The van der Waals surface area contributed by atoms with Gasteiger partial charge in [0.1, 0.15) is 5.69 Å². The van der Waals surface area contributed by atoms with E-state index in [9.17, 15) is 9.90 Å². The van der Waals surface area contributed by atoms with Crippen LogP contribution in [0.3, 0.4) is 0 Å². The van der Waals surface area contributed by atoms with E-state index in [-0.39, 0.29) is 24.1 Å². The van der Waals surface area contributed by atoms with Crippen molar-refractivity contribution >= 4 is 23.7 Å². The fourth-order valence-corrected chi connectivity index (χ4v) is 2.78. The van der Waals surface area contributed by atoms with Gasteiger partial charge in [-0.05, 0) is 6.26 Å². The van der Waals surface area contributed by atoms with Gasteiger partial charge >= 0.3 is 0 Å². The molecule has 2 heterocycles. The molecule has 20 heavy (non-hydrogen) atoms. The molecule has 1 aliphatic rings. The lowest BCUT2D eigenvalue weighted by atomic mass is 10.1. The van der Waals surface area contributed by atoms with E-state index < -0.39 is 6.10 Å². The Bertz CT molecular complexity index is 534. The molecule has 1 unspecified atom stereocenters. The summed E-state index contributed by atoms with van der Waals surface area (Å²) in [7, 11) is 0. The van der Waals surface area contributed by atoms with E-state index in [1.807, 2.05) is 6.26 Å². The van der Waals surface area contributed by atoms with Crippen LogP contribution in [0.4, 0.5) is 5.69 Å². The number of hydrogen-bond acceptors (Lipinski definition) is 7. The van der Waals surface area contributed by atoms with Gasteiger partial charge in [-0.15, -0.1) is 0 Å². The van der Waals surface area contributed by atoms with Crippen molar-refractivity contribution in [3.05, 3.63) is 22.4 Å². The van der Waals surface area contributed by atoms with Crippen LogP contribution in [-0.4, -0.2) is 63.7 Å². The molecule has 2 rings (SSSR count). The minimum atomic E-state index is -0.813. The highest BCUT2D eigenvalue weighted by atomic mass is 32.2. The molecule has 7 nitrogen and oxygen atoms in total. The van der Waals surface area contributed by atoms with Crippen LogP contribution >= 0.6 is 11.8 Å². The maximum atomic E-state index is 11.5. The Balaban J connectivity index is 2.01. The number of aliphatic hydroxyl groups excluding tert-OH is 2. The van der Waals surface area contributed by atoms with Gasteiger partial charge in [-0.3, -0.25) is 9.79 Å². The van der Waals surface area contributed by atoms with E-state index in [1.54, 1.807) is 18.0 Å². The average molecular weight is 298 g/mol. The predicted octanol–water partition coefficient (Wildman–Crippen LogP) is -0.756. The molecule has 8 heteroatoms. The first-order chi connectivity index (χ1) is 9.67. The molecular weight excluding hydrogens is 280 g/mol. The molecule has 0 fully saturated rings. The van der Waals surface area contributed by atoms with Gasteiger partial charge in [0.25, 0.3) is 5.56 Å². The Morgan fingerprint density at radius 2 is 2.40 bits per heavy atom. The van der Waals surface area contributed by atoms with Crippen molar-refractivity contribution in [3.8, 4) is 0 Å². The summed E-state index contributed by atoms with van der Waals surface area (Å²) in [5.41, 5.74) is 0.746. The van der Waals surface area contributed by atoms with E-state index in [2.05, 4.69) is 20.3 Å². The number of aliphatic imine (C=N–C) groups is 1. The normalized spacial score (nSPS) is 19.9. The summed E-state index contributed by atoms with van der Waals surface area (Å²) in [6.45, 7) is 0.223. The standard InChI is InChI=1S/C12H18N4O3S/c1-20-5-8(9(18)4-17)13-2-7-3-14-11-10(7)15-6-16-12(11)19/h3,6-9,13,17-18H,2,4-5H2,1H3,(H,15,16,19)/t7?,8-,9-/m1/s1. The Morgan fingerprint density at radius 3 is 3.10 bits per heavy atom. The van der Waals surface area contributed by atoms with Crippen LogP contribution in [0, 0.1) is 0 Å². The zero-order valence-corrected chi connectivity index (χ0v) is 11.9. The molecule has 0 amide bonds. The molecule has 0 saturated carbocycles. The van der Waals surface area contributed by atoms with Crippen LogP contribution in [0.25, 0.3) is 0 Å². The van der Waals surface area contributed by atoms with Gasteiger partial charge in [0.15, 0.2) is 0 Å². The van der Waals surface area contributed by atoms with Gasteiger partial charge in [-0.2, -0.15) is 11.8 Å². The molecule has 0 spiro atoms. The van der Waals surface area contributed by atoms with Crippen molar-refractivity contribution in [2.45, 2.75) is 18.1 Å². The van der Waals surface area contributed by atoms with Crippen LogP contribution in [0.2, 0.25) is 0 Å². The summed E-state index contributed by atoms with van der Waals surface area (Å²) in [6, 6.07) is -0.213. The van der Waals surface area contributed by atoms with Crippen LogP contribution in [0.15, 0.2) is 16.1 Å². The molecule has 1 aromatic heterocycles. The SMILES string of the molecule is CSC[C@@H](NCC1C=Nc2c1nc[nH]c2=O)[C@H](O)CO. The quantitative estimate of drug-likeness (QED) is 0.527. The predicted molar refractivity (Wildman–Crippen MR) is 79.0 cm³/mol. The molecule has 0 saturated heterocycles. The van der Waals surface area contributed by atoms with E-state index in [4.69, 9.17) is 5.11 Å². The van der Waals surface area contributed by atoms with Crippen LogP contribution in [0.1, 0.15) is 11.6 Å². The third kappa shape index (κ3) is 3.26. The molecule has 3 atom stereocenters. The molecule has 0 radical (unpaired) electrons. The monoisotopic (exact) mass is 298 g/mol. The summed E-state index contributed by atoms with van der Waals surface area (Å²) < 4.78 is 0. The smallest absolute Gasteiger partial charge is 0.276 e. The second kappa shape index (κ2) is 6.98. The number of nitrogens with one attached hydrogen (secondary N) is 2. The van der Waals surface area contributed by atoms with Gasteiger partial charge in [0.05, 0.1) is 30.7 Å². The Morgan fingerprint density at radius 1 is 1.60 bits per heavy atom. The molecule has 1 aliphatic heterocycles. The number of H-pyrrole nitrogens is 1. The molecular formula is C12H18N4O3S. The lowest BCUT2D eigenvalue weighted by Gasteiger charge is -2.23. The van der Waals surface area contributed by atoms with Gasteiger partial charge in [0, 0.05) is 24.6 Å². The maximum absolute atomic E-state index is 11.5. The van der Waals surface area contributed by atoms with Crippen molar-refractivity contribution < 1.29 is 10.2 Å². The molecule has 1 aromatic rings. The minimum Gasteiger partial charge on any atom is -0.394 e. The molecule has 0 aliphatic carbocycles. The van der Waals surface area contributed by atoms with Crippen LogP contribution < -0.4 is 10.9 Å². The summed E-state index contributed by atoms with van der Waals surface area (Å²) in [5, 5.41) is 22.0. The second-order valence-electron chi connectivity index (χ2n) is 4.57. The van der Waals surface area contributed by atoms with Gasteiger partial charge in [0.2, 0.25) is 0 Å². The number of thioether (sulfide) groups is 1. The van der Waals surface area contributed by atoms with Crippen molar-refractivity contribution in [3.63, 3.8) is 0 Å². The summed E-state index contributed by atoms with van der Waals surface area (Å²) in [6.07, 6.45) is 4.17. The third-order valence-corrected chi connectivity index (χ3v) is 3.88. The highest BCUT2D eigenvalue weighted by molar-refractivity contribution is 7.98. The highest BCUT2D eigenvalue weighted by Gasteiger charge is 2.25. The number of fused-ring (bicyclic) bond motifs is 1. The van der Waals surface area contributed by atoms with Crippen LogP contribution in [-0.2, 0) is 0 Å². The van der Waals surface area contributed by atoms with Gasteiger partial charge in [-0.1, -0.05) is 0 Å². The second-order valence-corrected chi connectivity index (χ2v) is 5.48. The third-order valence-electron chi connectivity index (χ3n) is 3.19. The number of aliphatic hydroxyl groups is 2. The maximum Gasteiger partial charge on any atom is 0.276 e. The van der Waals surface area contributed by atoms with Crippen LogP contribution in [0.5, 0.6) is 0 Å². The number of nitrogens with zero attached hydrogens (tertiary/aromatic N) is 2. The minimum absolute atomic E-state index is 0.0949. The summed E-state index contributed by atoms with van der Waals surface area (Å²) in [4.78, 5) is 22.3. The number of hydrogen-bond donors (Lipinski definition) is 4. The van der Waals surface area contributed by atoms with Crippen molar-refractivity contribution in [1.29, 1.82) is 0 Å². The first kappa shape index (κ1) is 15.2. The first-order valence-electron chi connectivity index (χ1n) is 6.30. The summed E-state index contributed by atoms with van der Waals surface area (Å²) in [5.74, 6) is 0.587. The largest absolute Gasteiger partial charge is 0.394 e. The van der Waals surface area contributed by atoms with E-state index in [1.165, 1.54) is 6.33 Å². The lowest BCUT2D eigenvalue weighted by Crippen LogP contribution is -2.45. The molecule has 4 N–H and O–H groups in total. The fraction of sp³-hybridized carbons (Fsp3) is 0.583. The first-order valence-corrected chi connectivity index (χ1v) is 7.69. The fourth-order valence-electron chi connectivity index (χ4n) is 2.08. The molecule has 0 bridgehead atoms. The number of aromatic amines is 1. The zero-order valence-electron chi connectivity index (χ0n) is 11.1. The van der Waals surface area contributed by atoms with E-state index in [0.717, 1.165) is 0 Å². The van der Waals surface area contributed by atoms with Crippen molar-refractivity contribution in [2.75, 3.05) is 25.2 Å². The van der Waals surface area contributed by atoms with E-state index in [0.29, 0.717) is 23.7 Å². The topological polar surface area (TPSA) is 111 Å². The lowest BCUT2D eigenvalue weighted by molar-refractivity contribution is 0.0694. The van der Waals surface area contributed by atoms with Gasteiger partial charge in [-0.25, -0.2) is 4.98 Å². The Kier molecular flexibility index (Phi) is 5.30.